The van der Waals surface area contributed by atoms with E-state index in [1.165, 1.54) is 173 Å². The molecule has 0 saturated heterocycles. The van der Waals surface area contributed by atoms with E-state index in [-0.39, 0.29) is 31.1 Å². The summed E-state index contributed by atoms with van der Waals surface area (Å²) in [7, 11) is 0. The molecule has 6 nitrogen and oxygen atoms in total. The number of rotatable bonds is 45. The van der Waals surface area contributed by atoms with Crippen LogP contribution < -0.4 is 0 Å². The summed E-state index contributed by atoms with van der Waals surface area (Å²) in [5.41, 5.74) is 0. The second-order valence-electron chi connectivity index (χ2n) is 17.6. The van der Waals surface area contributed by atoms with Gasteiger partial charge in [-0.1, -0.05) is 240 Å². The van der Waals surface area contributed by atoms with Gasteiger partial charge in [0.05, 0.1) is 0 Å². The van der Waals surface area contributed by atoms with Crippen LogP contribution in [0.3, 0.4) is 0 Å². The number of carbonyl (C=O) groups is 3. The van der Waals surface area contributed by atoms with Crippen molar-refractivity contribution >= 4 is 17.9 Å². The van der Waals surface area contributed by atoms with Crippen molar-refractivity contribution in [2.75, 3.05) is 13.2 Å². The van der Waals surface area contributed by atoms with Crippen molar-refractivity contribution < 1.29 is 28.6 Å². The molecule has 0 radical (unpaired) electrons. The van der Waals surface area contributed by atoms with E-state index in [4.69, 9.17) is 14.2 Å². The lowest BCUT2D eigenvalue weighted by Gasteiger charge is -2.18. The van der Waals surface area contributed by atoms with E-state index in [1.807, 2.05) is 0 Å². The summed E-state index contributed by atoms with van der Waals surface area (Å²) in [5.74, 6) is -0.00550. The molecule has 0 heterocycles. The van der Waals surface area contributed by atoms with Crippen molar-refractivity contribution in [2.24, 2.45) is 5.92 Å². The molecule has 0 aliphatic heterocycles. The van der Waals surface area contributed by atoms with E-state index in [2.05, 4.69) is 27.7 Å². The third-order valence-corrected chi connectivity index (χ3v) is 11.3. The molecule has 0 aliphatic rings. The predicted molar refractivity (Wildman–Crippen MR) is 238 cm³/mol. The third kappa shape index (κ3) is 43.5. The van der Waals surface area contributed by atoms with E-state index in [9.17, 15) is 14.4 Å². The summed E-state index contributed by atoms with van der Waals surface area (Å²) in [4.78, 5) is 37.8. The lowest BCUT2D eigenvalue weighted by atomic mass is 10.0. The van der Waals surface area contributed by atoms with Gasteiger partial charge in [0.1, 0.15) is 13.2 Å². The van der Waals surface area contributed by atoms with Crippen LogP contribution in [0.5, 0.6) is 0 Å². The Hall–Kier alpha value is -1.59. The fourth-order valence-corrected chi connectivity index (χ4v) is 7.51. The average molecular weight is 793 g/mol. The molecule has 0 N–H and O–H groups in total. The Labute approximate surface area is 348 Å². The number of carbonyl (C=O) groups excluding carboxylic acids is 3. The van der Waals surface area contributed by atoms with Crippen LogP contribution >= 0.6 is 0 Å². The zero-order valence-corrected chi connectivity index (χ0v) is 38.1. The standard InChI is InChI=1S/C50H96O6/c1-5-7-9-11-13-15-21-26-30-34-38-42-49(52)55-45-47(44-54-48(51)41-37-33-29-25-16-14-12-10-8-6-2)56-50(53)43-39-35-31-27-23-20-18-17-19-22-24-28-32-36-40-46(3)4/h46-47H,5-45H2,1-4H3/t47-/m1/s1. The lowest BCUT2D eigenvalue weighted by Crippen LogP contribution is -2.30. The number of ether oxygens (including phenoxy) is 3. The second-order valence-corrected chi connectivity index (χ2v) is 17.6. The minimum absolute atomic E-state index is 0.0631. The summed E-state index contributed by atoms with van der Waals surface area (Å²) in [5, 5.41) is 0. The molecule has 56 heavy (non-hydrogen) atoms. The Balaban J connectivity index is 4.27. The molecule has 0 saturated carbocycles. The first-order chi connectivity index (χ1) is 27.4. The van der Waals surface area contributed by atoms with Crippen LogP contribution in [0.15, 0.2) is 0 Å². The monoisotopic (exact) mass is 793 g/mol. The van der Waals surface area contributed by atoms with Gasteiger partial charge in [0.25, 0.3) is 0 Å². The molecular weight excluding hydrogens is 697 g/mol. The molecule has 0 aromatic heterocycles. The van der Waals surface area contributed by atoms with Gasteiger partial charge in [-0.05, 0) is 25.2 Å². The molecular formula is C50H96O6. The molecule has 1 atom stereocenters. The van der Waals surface area contributed by atoms with E-state index in [0.29, 0.717) is 19.3 Å². The van der Waals surface area contributed by atoms with Crippen molar-refractivity contribution in [3.8, 4) is 0 Å². The summed E-state index contributed by atoms with van der Waals surface area (Å²) in [6.07, 6.45) is 45.1. The highest BCUT2D eigenvalue weighted by molar-refractivity contribution is 5.71. The summed E-state index contributed by atoms with van der Waals surface area (Å²) in [6, 6.07) is 0. The third-order valence-electron chi connectivity index (χ3n) is 11.3. The molecule has 0 unspecified atom stereocenters. The number of hydrogen-bond acceptors (Lipinski definition) is 6. The molecule has 0 spiro atoms. The molecule has 0 aliphatic carbocycles. The molecule has 0 bridgehead atoms. The van der Waals surface area contributed by atoms with Crippen molar-refractivity contribution in [3.63, 3.8) is 0 Å². The minimum atomic E-state index is -0.759. The van der Waals surface area contributed by atoms with E-state index >= 15 is 0 Å². The quantitative estimate of drug-likeness (QED) is 0.0347. The van der Waals surface area contributed by atoms with Crippen molar-refractivity contribution in [1.82, 2.24) is 0 Å². The van der Waals surface area contributed by atoms with Crippen LogP contribution in [-0.2, 0) is 28.6 Å². The first-order valence-corrected chi connectivity index (χ1v) is 24.9. The molecule has 0 aromatic rings. The highest BCUT2D eigenvalue weighted by atomic mass is 16.6. The predicted octanol–water partition coefficient (Wildman–Crippen LogP) is 15.9. The van der Waals surface area contributed by atoms with Crippen molar-refractivity contribution in [2.45, 2.75) is 284 Å². The van der Waals surface area contributed by atoms with Crippen molar-refractivity contribution in [1.29, 1.82) is 0 Å². The molecule has 332 valence electrons. The summed E-state index contributed by atoms with van der Waals surface area (Å²) < 4.78 is 16.8. The fraction of sp³-hybridized carbons (Fsp3) is 0.940. The van der Waals surface area contributed by atoms with Crippen molar-refractivity contribution in [3.05, 3.63) is 0 Å². The number of hydrogen-bond donors (Lipinski definition) is 0. The average Bonchev–Trinajstić information content (AvgIpc) is 3.18. The maximum atomic E-state index is 12.8. The second kappa shape index (κ2) is 44.5. The van der Waals surface area contributed by atoms with E-state index in [1.54, 1.807) is 0 Å². The van der Waals surface area contributed by atoms with Crippen LogP contribution in [0.2, 0.25) is 0 Å². The Kier molecular flexibility index (Phi) is 43.2. The number of esters is 3. The topological polar surface area (TPSA) is 78.9 Å². The fourth-order valence-electron chi connectivity index (χ4n) is 7.51. The Morgan fingerprint density at radius 1 is 0.339 bits per heavy atom. The Morgan fingerprint density at radius 3 is 0.875 bits per heavy atom. The zero-order chi connectivity index (χ0) is 41.0. The maximum Gasteiger partial charge on any atom is 0.306 e. The van der Waals surface area contributed by atoms with Gasteiger partial charge in [-0.25, -0.2) is 0 Å². The lowest BCUT2D eigenvalue weighted by molar-refractivity contribution is -0.167. The Bertz CT molecular complexity index is 841. The summed E-state index contributed by atoms with van der Waals surface area (Å²) >= 11 is 0. The van der Waals surface area contributed by atoms with Gasteiger partial charge in [-0.2, -0.15) is 0 Å². The van der Waals surface area contributed by atoms with Crippen LogP contribution in [0, 0.1) is 5.92 Å². The van der Waals surface area contributed by atoms with Crippen LogP contribution in [0.25, 0.3) is 0 Å². The smallest absolute Gasteiger partial charge is 0.306 e. The van der Waals surface area contributed by atoms with Gasteiger partial charge in [-0.3, -0.25) is 14.4 Å². The number of unbranched alkanes of at least 4 members (excludes halogenated alkanes) is 32. The maximum absolute atomic E-state index is 12.8. The molecule has 0 amide bonds. The molecule has 0 aromatic carbocycles. The SMILES string of the molecule is CCCCCCCCCCCCCC(=O)OC[C@@H](COC(=O)CCCCCCCCCCCC)OC(=O)CCCCCCCCCCCCCCCCC(C)C. The normalized spacial score (nSPS) is 11.9. The highest BCUT2D eigenvalue weighted by Crippen LogP contribution is 2.17. The van der Waals surface area contributed by atoms with Gasteiger partial charge in [0.15, 0.2) is 6.10 Å². The largest absolute Gasteiger partial charge is 0.462 e. The van der Waals surface area contributed by atoms with E-state index in [0.717, 1.165) is 63.7 Å². The molecule has 0 rings (SSSR count). The van der Waals surface area contributed by atoms with Gasteiger partial charge < -0.3 is 14.2 Å². The van der Waals surface area contributed by atoms with Gasteiger partial charge in [0.2, 0.25) is 0 Å². The molecule has 0 fully saturated rings. The van der Waals surface area contributed by atoms with Gasteiger partial charge >= 0.3 is 17.9 Å². The minimum Gasteiger partial charge on any atom is -0.462 e. The van der Waals surface area contributed by atoms with Crippen LogP contribution in [-0.4, -0.2) is 37.2 Å². The Morgan fingerprint density at radius 2 is 0.589 bits per heavy atom. The van der Waals surface area contributed by atoms with Gasteiger partial charge in [0, 0.05) is 19.3 Å². The summed E-state index contributed by atoms with van der Waals surface area (Å²) in [6.45, 7) is 9.01. The van der Waals surface area contributed by atoms with Gasteiger partial charge in [-0.15, -0.1) is 0 Å². The van der Waals surface area contributed by atoms with Crippen LogP contribution in [0.1, 0.15) is 278 Å². The molecule has 6 heteroatoms. The highest BCUT2D eigenvalue weighted by Gasteiger charge is 2.19. The van der Waals surface area contributed by atoms with Crippen LogP contribution in [0.4, 0.5) is 0 Å². The first-order valence-electron chi connectivity index (χ1n) is 24.9. The van der Waals surface area contributed by atoms with E-state index < -0.39 is 6.10 Å². The zero-order valence-electron chi connectivity index (χ0n) is 38.1. The first kappa shape index (κ1) is 54.4.